The van der Waals surface area contributed by atoms with E-state index in [1.807, 2.05) is 0 Å². The van der Waals surface area contributed by atoms with Gasteiger partial charge in [-0.2, -0.15) is 0 Å². The van der Waals surface area contributed by atoms with Gasteiger partial charge >= 0.3 is 12.4 Å². The number of hydrogen-bond donors (Lipinski definition) is 2. The monoisotopic (exact) mass is 356 g/mol. The zero-order chi connectivity index (χ0) is 18.4. The van der Waals surface area contributed by atoms with Crippen LogP contribution >= 0.6 is 0 Å². The summed E-state index contributed by atoms with van der Waals surface area (Å²) in [5, 5.41) is 4.93. The zero-order valence-corrected chi connectivity index (χ0v) is 13.3. The van der Waals surface area contributed by atoms with Crippen molar-refractivity contribution in [3.05, 3.63) is 65.0 Å². The van der Waals surface area contributed by atoms with E-state index in [1.165, 1.54) is 24.3 Å². The molecule has 0 bridgehead atoms. The molecule has 2 amide bonds. The standard InChI is InChI=1S/C17H16F4N2O2/c1-11-6-7-12(8-14(11)18)9-22-16(24)23-10-13-4-2-3-5-15(13)25-17(19,20)21/h2-8H,9-10H2,1H3,(H2,22,23,24). The average molecular weight is 356 g/mol. The number of benzene rings is 2. The fraction of sp³-hybridized carbons (Fsp3) is 0.235. The summed E-state index contributed by atoms with van der Waals surface area (Å²) in [5.41, 5.74) is 1.24. The molecule has 0 fully saturated rings. The van der Waals surface area contributed by atoms with Crippen LogP contribution in [0, 0.1) is 12.7 Å². The first kappa shape index (κ1) is 18.6. The van der Waals surface area contributed by atoms with Gasteiger partial charge in [-0.1, -0.05) is 30.3 Å². The quantitative estimate of drug-likeness (QED) is 0.795. The van der Waals surface area contributed by atoms with E-state index < -0.39 is 12.4 Å². The second kappa shape index (κ2) is 7.87. The predicted octanol–water partition coefficient (Wildman–Crippen LogP) is 4.03. The highest BCUT2D eigenvalue weighted by Crippen LogP contribution is 2.26. The molecule has 2 aromatic rings. The summed E-state index contributed by atoms with van der Waals surface area (Å²) in [5.74, 6) is -0.756. The van der Waals surface area contributed by atoms with E-state index in [1.54, 1.807) is 19.1 Å². The maximum absolute atomic E-state index is 13.4. The Hall–Kier alpha value is -2.77. The van der Waals surface area contributed by atoms with Crippen molar-refractivity contribution in [1.29, 1.82) is 0 Å². The maximum atomic E-state index is 13.4. The number of rotatable bonds is 5. The molecule has 134 valence electrons. The topological polar surface area (TPSA) is 50.4 Å². The van der Waals surface area contributed by atoms with E-state index in [4.69, 9.17) is 0 Å². The summed E-state index contributed by atoms with van der Waals surface area (Å²) in [7, 11) is 0. The van der Waals surface area contributed by atoms with Gasteiger partial charge in [-0.25, -0.2) is 9.18 Å². The molecule has 0 spiro atoms. The van der Waals surface area contributed by atoms with E-state index in [0.717, 1.165) is 6.07 Å². The highest BCUT2D eigenvalue weighted by molar-refractivity contribution is 5.73. The van der Waals surface area contributed by atoms with Crippen molar-refractivity contribution in [2.75, 3.05) is 0 Å². The molecule has 0 aliphatic rings. The molecular formula is C17H16F4N2O2. The highest BCUT2D eigenvalue weighted by Gasteiger charge is 2.31. The Kier molecular flexibility index (Phi) is 5.84. The van der Waals surface area contributed by atoms with Crippen LogP contribution in [0.1, 0.15) is 16.7 Å². The van der Waals surface area contributed by atoms with Crippen LogP contribution in [-0.2, 0) is 13.1 Å². The van der Waals surface area contributed by atoms with Crippen molar-refractivity contribution in [3.8, 4) is 5.75 Å². The van der Waals surface area contributed by atoms with E-state index in [2.05, 4.69) is 15.4 Å². The van der Waals surface area contributed by atoms with Gasteiger partial charge in [0.25, 0.3) is 0 Å². The van der Waals surface area contributed by atoms with E-state index in [-0.39, 0.29) is 30.2 Å². The lowest BCUT2D eigenvalue weighted by molar-refractivity contribution is -0.274. The first-order valence-electron chi connectivity index (χ1n) is 7.35. The van der Waals surface area contributed by atoms with E-state index in [9.17, 15) is 22.4 Å². The molecule has 0 unspecified atom stereocenters. The second-order valence-electron chi connectivity index (χ2n) is 5.28. The third-order valence-electron chi connectivity index (χ3n) is 3.33. The maximum Gasteiger partial charge on any atom is 0.573 e. The van der Waals surface area contributed by atoms with Crippen molar-refractivity contribution in [1.82, 2.24) is 10.6 Å². The summed E-state index contributed by atoms with van der Waals surface area (Å²) in [4.78, 5) is 11.8. The normalized spacial score (nSPS) is 11.1. The zero-order valence-electron chi connectivity index (χ0n) is 13.3. The molecular weight excluding hydrogens is 340 g/mol. The average Bonchev–Trinajstić information content (AvgIpc) is 2.54. The fourth-order valence-electron chi connectivity index (χ4n) is 2.04. The molecule has 0 saturated carbocycles. The number of carbonyl (C=O) groups excluding carboxylic acids is 1. The van der Waals surface area contributed by atoms with Crippen LogP contribution in [0.4, 0.5) is 22.4 Å². The van der Waals surface area contributed by atoms with Crippen LogP contribution < -0.4 is 15.4 Å². The lowest BCUT2D eigenvalue weighted by Gasteiger charge is -2.14. The minimum absolute atomic E-state index is 0.0870. The molecule has 0 aliphatic carbocycles. The van der Waals surface area contributed by atoms with Crippen molar-refractivity contribution >= 4 is 6.03 Å². The van der Waals surface area contributed by atoms with Gasteiger partial charge in [0, 0.05) is 18.7 Å². The van der Waals surface area contributed by atoms with Gasteiger partial charge in [0.2, 0.25) is 0 Å². The van der Waals surface area contributed by atoms with Gasteiger partial charge in [-0.3, -0.25) is 0 Å². The highest BCUT2D eigenvalue weighted by atomic mass is 19.4. The third kappa shape index (κ3) is 5.98. The Morgan fingerprint density at radius 2 is 1.76 bits per heavy atom. The number of hydrogen-bond acceptors (Lipinski definition) is 2. The molecule has 25 heavy (non-hydrogen) atoms. The van der Waals surface area contributed by atoms with Crippen LogP contribution in [0.25, 0.3) is 0 Å². The van der Waals surface area contributed by atoms with Crippen LogP contribution in [0.15, 0.2) is 42.5 Å². The van der Waals surface area contributed by atoms with Crippen LogP contribution in [0.3, 0.4) is 0 Å². The number of carbonyl (C=O) groups is 1. The third-order valence-corrected chi connectivity index (χ3v) is 3.33. The molecule has 2 aromatic carbocycles. The van der Waals surface area contributed by atoms with E-state index >= 15 is 0 Å². The van der Waals surface area contributed by atoms with Gasteiger partial charge < -0.3 is 15.4 Å². The molecule has 0 atom stereocenters. The fourth-order valence-corrected chi connectivity index (χ4v) is 2.04. The van der Waals surface area contributed by atoms with Gasteiger partial charge in [-0.15, -0.1) is 13.2 Å². The molecule has 0 radical (unpaired) electrons. The minimum atomic E-state index is -4.81. The smallest absolute Gasteiger partial charge is 0.405 e. The molecule has 0 saturated heterocycles. The first-order chi connectivity index (χ1) is 11.7. The van der Waals surface area contributed by atoms with Gasteiger partial charge in [0.15, 0.2) is 0 Å². The number of alkyl halides is 3. The van der Waals surface area contributed by atoms with Crippen LogP contribution in [0.5, 0.6) is 5.75 Å². The van der Waals surface area contributed by atoms with Crippen molar-refractivity contribution in [3.63, 3.8) is 0 Å². The van der Waals surface area contributed by atoms with Gasteiger partial charge in [-0.05, 0) is 30.2 Å². The molecule has 0 aromatic heterocycles. The van der Waals surface area contributed by atoms with Crippen molar-refractivity contribution in [2.24, 2.45) is 0 Å². The molecule has 0 heterocycles. The number of urea groups is 1. The van der Waals surface area contributed by atoms with E-state index in [0.29, 0.717) is 11.1 Å². The molecule has 2 N–H and O–H groups in total. The number of aryl methyl sites for hydroxylation is 1. The summed E-state index contributed by atoms with van der Waals surface area (Å²) < 4.78 is 54.3. The summed E-state index contributed by atoms with van der Waals surface area (Å²) >= 11 is 0. The number of para-hydroxylation sites is 1. The number of ether oxygens (including phenoxy) is 1. The number of nitrogens with one attached hydrogen (secondary N) is 2. The van der Waals surface area contributed by atoms with Crippen molar-refractivity contribution in [2.45, 2.75) is 26.4 Å². The minimum Gasteiger partial charge on any atom is -0.405 e. The molecule has 0 aliphatic heterocycles. The van der Waals surface area contributed by atoms with Crippen molar-refractivity contribution < 1.29 is 27.1 Å². The molecule has 4 nitrogen and oxygen atoms in total. The SMILES string of the molecule is Cc1ccc(CNC(=O)NCc2ccccc2OC(F)(F)F)cc1F. The summed E-state index contributed by atoms with van der Waals surface area (Å²) in [6, 6.07) is 9.49. The Bertz CT molecular complexity index is 748. The number of halogens is 4. The molecule has 8 heteroatoms. The summed E-state index contributed by atoms with van der Waals surface area (Å²) in [6.07, 6.45) is -4.81. The largest absolute Gasteiger partial charge is 0.573 e. The van der Waals surface area contributed by atoms with Crippen LogP contribution in [-0.4, -0.2) is 12.4 Å². The lowest BCUT2D eigenvalue weighted by atomic mass is 10.1. The van der Waals surface area contributed by atoms with Gasteiger partial charge in [0.05, 0.1) is 0 Å². The number of amides is 2. The van der Waals surface area contributed by atoms with Crippen LogP contribution in [0.2, 0.25) is 0 Å². The second-order valence-corrected chi connectivity index (χ2v) is 5.28. The Morgan fingerprint density at radius 1 is 1.08 bits per heavy atom. The molecule has 2 rings (SSSR count). The Labute approximate surface area is 141 Å². The lowest BCUT2D eigenvalue weighted by Crippen LogP contribution is -2.34. The first-order valence-corrected chi connectivity index (χ1v) is 7.35. The Balaban J connectivity index is 1.89. The van der Waals surface area contributed by atoms with Gasteiger partial charge in [0.1, 0.15) is 11.6 Å². The Morgan fingerprint density at radius 3 is 2.44 bits per heavy atom. The summed E-state index contributed by atoms with van der Waals surface area (Å²) in [6.45, 7) is 1.56. The predicted molar refractivity (Wildman–Crippen MR) is 83.3 cm³/mol.